The molecule has 1 aliphatic heterocycles. The number of halogens is 9. The Balaban J connectivity index is 1.65. The summed E-state index contributed by atoms with van der Waals surface area (Å²) in [6, 6.07) is 2.35. The minimum atomic E-state index is -5.10. The lowest BCUT2D eigenvalue weighted by Crippen LogP contribution is -2.39. The van der Waals surface area contributed by atoms with Crippen molar-refractivity contribution < 1.29 is 58.6 Å². The van der Waals surface area contributed by atoms with E-state index in [9.17, 15) is 49.1 Å². The van der Waals surface area contributed by atoms with E-state index in [2.05, 4.69) is 4.74 Å². The number of amides is 2. The van der Waals surface area contributed by atoms with Gasteiger partial charge >= 0.3 is 24.8 Å². The minimum absolute atomic E-state index is 0.0558. The molecule has 0 bridgehead atoms. The summed E-state index contributed by atoms with van der Waals surface area (Å²) in [7, 11) is 0. The van der Waals surface area contributed by atoms with Crippen molar-refractivity contribution in [3.05, 3.63) is 47.1 Å². The largest absolute Gasteiger partial charge is 0.573 e. The summed E-state index contributed by atoms with van der Waals surface area (Å²) in [5, 5.41) is 0. The Kier molecular flexibility index (Phi) is 10.1. The van der Waals surface area contributed by atoms with Crippen molar-refractivity contribution >= 4 is 17.7 Å². The van der Waals surface area contributed by atoms with Crippen molar-refractivity contribution in [1.82, 2.24) is 4.90 Å². The Morgan fingerprint density at radius 1 is 1.00 bits per heavy atom. The van der Waals surface area contributed by atoms with Gasteiger partial charge in [0, 0.05) is 29.6 Å². The molecular weight excluding hydrogens is 623 g/mol. The lowest BCUT2D eigenvalue weighted by Gasteiger charge is -2.31. The van der Waals surface area contributed by atoms with Crippen LogP contribution in [0, 0.1) is 11.8 Å². The Morgan fingerprint density at radius 3 is 2.24 bits per heavy atom. The third-order valence-electron chi connectivity index (χ3n) is 8.47. The van der Waals surface area contributed by atoms with E-state index in [-0.39, 0.29) is 35.7 Å². The number of allylic oxidation sites excluding steroid dienone is 3. The molecule has 2 aliphatic carbocycles. The van der Waals surface area contributed by atoms with Crippen molar-refractivity contribution in [2.45, 2.75) is 96.2 Å². The molecule has 0 spiro atoms. The fourth-order valence-electron chi connectivity index (χ4n) is 6.23. The number of alkyl halides is 9. The summed E-state index contributed by atoms with van der Waals surface area (Å²) in [4.78, 5) is 29.0. The van der Waals surface area contributed by atoms with E-state index in [1.807, 2.05) is 0 Å². The van der Waals surface area contributed by atoms with E-state index in [1.54, 1.807) is 6.92 Å². The predicted octanol–water partition coefficient (Wildman–Crippen LogP) is 8.62. The van der Waals surface area contributed by atoms with Crippen molar-refractivity contribution in [2.75, 3.05) is 11.4 Å². The number of carbonyl (C=O) groups is 2. The lowest BCUT2D eigenvalue weighted by atomic mass is 9.88. The van der Waals surface area contributed by atoms with Crippen LogP contribution >= 0.6 is 0 Å². The zero-order chi connectivity index (χ0) is 33.3. The molecular formula is C30H33F9N2O4. The summed E-state index contributed by atoms with van der Waals surface area (Å²) >= 11 is 0. The summed E-state index contributed by atoms with van der Waals surface area (Å²) in [5.41, 5.74) is -2.58. The maximum absolute atomic E-state index is 13.7. The molecule has 1 saturated carbocycles. The first-order chi connectivity index (χ1) is 20.9. The van der Waals surface area contributed by atoms with Crippen LogP contribution in [0.2, 0.25) is 0 Å². The van der Waals surface area contributed by atoms with Gasteiger partial charge in [-0.25, -0.2) is 4.79 Å². The predicted molar refractivity (Wildman–Crippen MR) is 144 cm³/mol. The molecule has 3 atom stereocenters. The van der Waals surface area contributed by atoms with Gasteiger partial charge in [0.1, 0.15) is 11.9 Å². The highest BCUT2D eigenvalue weighted by atomic mass is 19.4. The van der Waals surface area contributed by atoms with Gasteiger partial charge in [-0.05, 0) is 69.4 Å². The Bertz CT molecular complexity index is 1310. The SMILES string of the molecule is CCN(C(=O)C1CCCCC1)c1ccc(OC(F)(F)F)cc1CN1C(=O)OC(C2C=C(C(F)(F)F)C=C(C(F)(F)F)CC2)C1C. The molecule has 6 nitrogen and oxygen atoms in total. The van der Waals surface area contributed by atoms with Crippen LogP contribution in [-0.4, -0.2) is 54.3 Å². The number of hydrogen-bond acceptors (Lipinski definition) is 4. The van der Waals surface area contributed by atoms with Crippen LogP contribution < -0.4 is 9.64 Å². The molecule has 0 aromatic heterocycles. The molecule has 1 aromatic carbocycles. The average molecular weight is 657 g/mol. The average Bonchev–Trinajstić information content (AvgIpc) is 3.09. The van der Waals surface area contributed by atoms with E-state index >= 15 is 0 Å². The van der Waals surface area contributed by atoms with Crippen LogP contribution in [0.15, 0.2) is 41.5 Å². The summed E-state index contributed by atoms with van der Waals surface area (Å²) < 4.78 is 130. The third-order valence-corrected chi connectivity index (χ3v) is 8.47. The molecule has 3 unspecified atom stereocenters. The molecule has 250 valence electrons. The number of ether oxygens (including phenoxy) is 2. The molecule has 4 rings (SSSR count). The summed E-state index contributed by atoms with van der Waals surface area (Å²) in [6.07, 6.45) is -13.9. The maximum atomic E-state index is 13.7. The normalized spacial score (nSPS) is 23.7. The van der Waals surface area contributed by atoms with Gasteiger partial charge in [-0.2, -0.15) is 26.3 Å². The monoisotopic (exact) mass is 656 g/mol. The molecule has 2 fully saturated rings. The maximum Gasteiger partial charge on any atom is 0.573 e. The first kappa shape index (κ1) is 34.5. The van der Waals surface area contributed by atoms with Crippen LogP contribution in [0.1, 0.15) is 64.4 Å². The molecule has 1 aromatic rings. The number of rotatable bonds is 7. The topological polar surface area (TPSA) is 59.1 Å². The van der Waals surface area contributed by atoms with Gasteiger partial charge in [0.15, 0.2) is 0 Å². The van der Waals surface area contributed by atoms with E-state index in [0.717, 1.165) is 36.3 Å². The second-order valence-electron chi connectivity index (χ2n) is 11.5. The van der Waals surface area contributed by atoms with Gasteiger partial charge in [0.05, 0.1) is 18.2 Å². The first-order valence-electron chi connectivity index (χ1n) is 14.6. The van der Waals surface area contributed by atoms with E-state index in [1.165, 1.54) is 17.9 Å². The van der Waals surface area contributed by atoms with Crippen molar-refractivity contribution in [3.8, 4) is 5.75 Å². The minimum Gasteiger partial charge on any atom is -0.443 e. The number of carbonyl (C=O) groups excluding carboxylic acids is 2. The van der Waals surface area contributed by atoms with Gasteiger partial charge in [-0.3, -0.25) is 9.69 Å². The van der Waals surface area contributed by atoms with Crippen LogP contribution in [-0.2, 0) is 16.1 Å². The lowest BCUT2D eigenvalue weighted by molar-refractivity contribution is -0.274. The van der Waals surface area contributed by atoms with E-state index < -0.39 is 79.2 Å². The summed E-state index contributed by atoms with van der Waals surface area (Å²) in [6.45, 7) is 2.86. The van der Waals surface area contributed by atoms with Gasteiger partial charge in [0.2, 0.25) is 5.91 Å². The smallest absolute Gasteiger partial charge is 0.443 e. The second kappa shape index (κ2) is 13.1. The Labute approximate surface area is 253 Å². The van der Waals surface area contributed by atoms with Crippen LogP contribution in [0.25, 0.3) is 0 Å². The van der Waals surface area contributed by atoms with Gasteiger partial charge in [-0.15, -0.1) is 13.2 Å². The number of hydrogen-bond donors (Lipinski definition) is 0. The van der Waals surface area contributed by atoms with Crippen molar-refractivity contribution in [2.24, 2.45) is 11.8 Å². The van der Waals surface area contributed by atoms with Gasteiger partial charge in [0.25, 0.3) is 0 Å². The molecule has 2 amide bonds. The molecule has 45 heavy (non-hydrogen) atoms. The standard InChI is InChI=1S/C30H33F9N2O4/c1-3-40(26(42)18-7-5-4-6-8-18)24-12-11-23(45-30(37,38)39)14-20(24)16-41-17(2)25(44-27(41)43)19-9-10-21(28(31,32)33)15-22(13-19)29(34,35)36/h11-15,17-19,25H,3-10,16H2,1-2H3. The van der Waals surface area contributed by atoms with Gasteiger partial charge < -0.3 is 14.4 Å². The first-order valence-corrected chi connectivity index (χ1v) is 14.6. The quantitative estimate of drug-likeness (QED) is 0.276. The van der Waals surface area contributed by atoms with Crippen LogP contribution in [0.3, 0.4) is 0 Å². The van der Waals surface area contributed by atoms with E-state index in [0.29, 0.717) is 18.9 Å². The molecule has 1 saturated heterocycles. The number of nitrogens with zero attached hydrogens (tertiary/aromatic N) is 2. The van der Waals surface area contributed by atoms with E-state index in [4.69, 9.17) is 4.74 Å². The highest BCUT2D eigenvalue weighted by Gasteiger charge is 2.47. The fraction of sp³-hybridized carbons (Fsp3) is 0.600. The fourth-order valence-corrected chi connectivity index (χ4v) is 6.23. The van der Waals surface area contributed by atoms with Crippen LogP contribution in [0.5, 0.6) is 5.75 Å². The molecule has 0 N–H and O–H groups in total. The second-order valence-corrected chi connectivity index (χ2v) is 11.5. The Morgan fingerprint density at radius 2 is 1.67 bits per heavy atom. The molecule has 0 radical (unpaired) electrons. The van der Waals surface area contributed by atoms with Crippen LogP contribution in [0.4, 0.5) is 50.0 Å². The zero-order valence-corrected chi connectivity index (χ0v) is 24.5. The number of anilines is 1. The molecule has 15 heteroatoms. The highest BCUT2D eigenvalue weighted by Crippen LogP contribution is 2.42. The third kappa shape index (κ3) is 8.26. The molecule has 3 aliphatic rings. The van der Waals surface area contributed by atoms with Gasteiger partial charge in [-0.1, -0.05) is 25.3 Å². The van der Waals surface area contributed by atoms with Crippen molar-refractivity contribution in [3.63, 3.8) is 0 Å². The number of benzene rings is 1. The zero-order valence-electron chi connectivity index (χ0n) is 24.5. The summed E-state index contributed by atoms with van der Waals surface area (Å²) in [5.74, 6) is -2.39. The van der Waals surface area contributed by atoms with Crippen molar-refractivity contribution in [1.29, 1.82) is 0 Å². The number of cyclic esters (lactones) is 1. The molecule has 1 heterocycles. The Hall–Kier alpha value is -3.39. The highest BCUT2D eigenvalue weighted by molar-refractivity contribution is 5.96.